The van der Waals surface area contributed by atoms with Gasteiger partial charge >= 0.3 is 6.09 Å². The normalized spacial score (nSPS) is 19.2. The van der Waals surface area contributed by atoms with Crippen LogP contribution in [-0.2, 0) is 4.74 Å². The number of amides is 1. The molecule has 4 nitrogen and oxygen atoms in total. The summed E-state index contributed by atoms with van der Waals surface area (Å²) in [6, 6.07) is 3.55. The van der Waals surface area contributed by atoms with Crippen LogP contribution in [0.2, 0.25) is 0 Å². The van der Waals surface area contributed by atoms with E-state index in [1.165, 1.54) is 12.1 Å². The van der Waals surface area contributed by atoms with Gasteiger partial charge in [-0.25, -0.2) is 13.6 Å². The van der Waals surface area contributed by atoms with Gasteiger partial charge in [0.05, 0.1) is 5.69 Å². The lowest BCUT2D eigenvalue weighted by Gasteiger charge is -2.26. The van der Waals surface area contributed by atoms with Crippen LogP contribution in [0, 0.1) is 11.6 Å². The maximum atomic E-state index is 13.7. The van der Waals surface area contributed by atoms with Crippen LogP contribution in [0.5, 0.6) is 0 Å². The number of carbonyl (C=O) groups is 1. The lowest BCUT2D eigenvalue weighted by atomic mass is 10.1. The summed E-state index contributed by atoms with van der Waals surface area (Å²) in [5, 5.41) is 3.10. The molecule has 1 aromatic rings. The Morgan fingerprint density at radius 3 is 2.65 bits per heavy atom. The topological polar surface area (TPSA) is 41.6 Å². The minimum atomic E-state index is -0.599. The molecule has 1 aliphatic heterocycles. The predicted octanol–water partition coefficient (Wildman–Crippen LogP) is 4.17. The number of anilines is 1. The molecule has 1 atom stereocenters. The number of hydrogen-bond acceptors (Lipinski definition) is 3. The molecule has 128 valence electrons. The van der Waals surface area contributed by atoms with E-state index in [2.05, 4.69) is 5.32 Å². The second kappa shape index (κ2) is 7.15. The largest absolute Gasteiger partial charge is 0.444 e. The molecule has 2 rings (SSSR count). The third-order valence-electron chi connectivity index (χ3n) is 3.67. The summed E-state index contributed by atoms with van der Waals surface area (Å²) in [4.78, 5) is 13.8. The number of rotatable bonds is 2. The molecule has 1 amide bonds. The van der Waals surface area contributed by atoms with Crippen LogP contribution >= 0.6 is 0 Å². The summed E-state index contributed by atoms with van der Waals surface area (Å²) in [5.41, 5.74) is -0.222. The highest BCUT2D eigenvalue weighted by Gasteiger charge is 2.25. The highest BCUT2D eigenvalue weighted by atomic mass is 19.1. The van der Waals surface area contributed by atoms with E-state index in [0.717, 1.165) is 18.9 Å². The number of ether oxygens (including phenoxy) is 1. The summed E-state index contributed by atoms with van der Waals surface area (Å²) in [5.74, 6) is -1.19. The van der Waals surface area contributed by atoms with Gasteiger partial charge in [-0.1, -0.05) is 0 Å². The van der Waals surface area contributed by atoms with Crippen LogP contribution < -0.4 is 5.32 Å². The van der Waals surface area contributed by atoms with Gasteiger partial charge < -0.3 is 15.0 Å². The van der Waals surface area contributed by atoms with E-state index in [0.29, 0.717) is 25.2 Å². The third-order valence-corrected chi connectivity index (χ3v) is 3.67. The Balaban J connectivity index is 1.92. The first kappa shape index (κ1) is 17.5. The molecule has 1 unspecified atom stereocenters. The number of likely N-dealkylation sites (tertiary alicyclic amines) is 1. The van der Waals surface area contributed by atoms with E-state index >= 15 is 0 Å². The number of nitrogens with one attached hydrogen (secondary N) is 1. The van der Waals surface area contributed by atoms with E-state index < -0.39 is 17.2 Å². The molecule has 0 bridgehead atoms. The first-order chi connectivity index (χ1) is 10.7. The van der Waals surface area contributed by atoms with Crippen molar-refractivity contribution in [2.75, 3.05) is 18.4 Å². The summed E-state index contributed by atoms with van der Waals surface area (Å²) in [7, 11) is 0. The van der Waals surface area contributed by atoms with Crippen molar-refractivity contribution in [3.05, 3.63) is 29.8 Å². The van der Waals surface area contributed by atoms with Gasteiger partial charge in [-0.15, -0.1) is 0 Å². The first-order valence-electron chi connectivity index (χ1n) is 7.94. The molecule has 1 N–H and O–H groups in total. The van der Waals surface area contributed by atoms with E-state index in [-0.39, 0.29) is 12.1 Å². The molecule has 0 saturated carbocycles. The third kappa shape index (κ3) is 5.37. The molecule has 0 aliphatic carbocycles. The Labute approximate surface area is 135 Å². The van der Waals surface area contributed by atoms with Crippen molar-refractivity contribution in [1.82, 2.24) is 4.90 Å². The average Bonchev–Trinajstić information content (AvgIpc) is 2.66. The van der Waals surface area contributed by atoms with Crippen LogP contribution in [0.15, 0.2) is 18.2 Å². The minimum Gasteiger partial charge on any atom is -0.444 e. The molecule has 1 heterocycles. The number of nitrogens with zero attached hydrogens (tertiary/aromatic N) is 1. The first-order valence-corrected chi connectivity index (χ1v) is 7.94. The molecule has 1 aliphatic rings. The van der Waals surface area contributed by atoms with Gasteiger partial charge in [0.15, 0.2) is 0 Å². The van der Waals surface area contributed by atoms with Crippen LogP contribution in [0.4, 0.5) is 19.3 Å². The summed E-state index contributed by atoms with van der Waals surface area (Å²) >= 11 is 0. The Hall–Kier alpha value is -1.85. The fraction of sp³-hybridized carbons (Fsp3) is 0.588. The second-order valence-electron chi connectivity index (χ2n) is 6.86. The molecule has 1 aromatic carbocycles. The zero-order valence-electron chi connectivity index (χ0n) is 13.9. The molecule has 0 spiro atoms. The average molecular weight is 326 g/mol. The lowest BCUT2D eigenvalue weighted by Crippen LogP contribution is -2.37. The quantitative estimate of drug-likeness (QED) is 0.887. The molecule has 6 heteroatoms. The molecule has 0 radical (unpaired) electrons. The molecule has 0 aromatic heterocycles. The van der Waals surface area contributed by atoms with Crippen LogP contribution in [-0.4, -0.2) is 35.7 Å². The fourth-order valence-electron chi connectivity index (χ4n) is 2.58. The lowest BCUT2D eigenvalue weighted by molar-refractivity contribution is 0.0256. The van der Waals surface area contributed by atoms with E-state index in [4.69, 9.17) is 4.74 Å². The number of halogens is 2. The van der Waals surface area contributed by atoms with Crippen LogP contribution in [0.3, 0.4) is 0 Å². The summed E-state index contributed by atoms with van der Waals surface area (Å²) in [6.45, 7) is 6.69. The highest BCUT2D eigenvalue weighted by molar-refractivity contribution is 5.68. The Bertz CT molecular complexity index is 558. The van der Waals surface area contributed by atoms with Crippen LogP contribution in [0.25, 0.3) is 0 Å². The van der Waals surface area contributed by atoms with Gasteiger partial charge in [-0.05, 0) is 52.2 Å². The smallest absolute Gasteiger partial charge is 0.410 e. The summed E-state index contributed by atoms with van der Waals surface area (Å²) in [6.07, 6.45) is 2.00. The van der Waals surface area contributed by atoms with Gasteiger partial charge in [0, 0.05) is 25.2 Å². The second-order valence-corrected chi connectivity index (χ2v) is 6.86. The standard InChI is InChI=1S/C17H24F2N2O2/c1-17(2,3)23-16(22)21-9-4-5-13(8-10-21)20-15-7-6-12(18)11-14(15)19/h6-7,11,13,20H,4-5,8-10H2,1-3H3. The molecular weight excluding hydrogens is 302 g/mol. The maximum Gasteiger partial charge on any atom is 0.410 e. The zero-order chi connectivity index (χ0) is 17.0. The van der Waals surface area contributed by atoms with Crippen molar-refractivity contribution in [1.29, 1.82) is 0 Å². The van der Waals surface area contributed by atoms with Crippen molar-refractivity contribution in [3.8, 4) is 0 Å². The van der Waals surface area contributed by atoms with Crippen molar-refractivity contribution >= 4 is 11.8 Å². The van der Waals surface area contributed by atoms with Crippen molar-refractivity contribution < 1.29 is 18.3 Å². The Kier molecular flexibility index (Phi) is 5.44. The fourth-order valence-corrected chi connectivity index (χ4v) is 2.58. The number of carbonyl (C=O) groups excluding carboxylic acids is 1. The van der Waals surface area contributed by atoms with E-state index in [9.17, 15) is 13.6 Å². The minimum absolute atomic E-state index is 0.0439. The van der Waals surface area contributed by atoms with Gasteiger partial charge in [-0.2, -0.15) is 0 Å². The monoisotopic (exact) mass is 326 g/mol. The maximum absolute atomic E-state index is 13.7. The van der Waals surface area contributed by atoms with Gasteiger partial charge in [-0.3, -0.25) is 0 Å². The highest BCUT2D eigenvalue weighted by Crippen LogP contribution is 2.21. The van der Waals surface area contributed by atoms with E-state index in [1.54, 1.807) is 4.90 Å². The predicted molar refractivity (Wildman–Crippen MR) is 85.4 cm³/mol. The van der Waals surface area contributed by atoms with Gasteiger partial charge in [0.2, 0.25) is 0 Å². The molecule has 1 fully saturated rings. The number of benzene rings is 1. The Morgan fingerprint density at radius 2 is 2.00 bits per heavy atom. The van der Waals surface area contributed by atoms with Crippen LogP contribution in [0.1, 0.15) is 40.0 Å². The molecule has 23 heavy (non-hydrogen) atoms. The van der Waals surface area contributed by atoms with Gasteiger partial charge in [0.1, 0.15) is 17.2 Å². The van der Waals surface area contributed by atoms with Crippen molar-refractivity contribution in [2.45, 2.75) is 51.7 Å². The zero-order valence-corrected chi connectivity index (χ0v) is 13.9. The Morgan fingerprint density at radius 1 is 1.26 bits per heavy atom. The van der Waals surface area contributed by atoms with Crippen molar-refractivity contribution in [3.63, 3.8) is 0 Å². The van der Waals surface area contributed by atoms with Gasteiger partial charge in [0.25, 0.3) is 0 Å². The number of hydrogen-bond donors (Lipinski definition) is 1. The summed E-state index contributed by atoms with van der Waals surface area (Å²) < 4.78 is 32.0. The van der Waals surface area contributed by atoms with E-state index in [1.807, 2.05) is 20.8 Å². The molecular formula is C17H24F2N2O2. The SMILES string of the molecule is CC(C)(C)OC(=O)N1CCCC(Nc2ccc(F)cc2F)CC1. The molecule has 1 saturated heterocycles. The van der Waals surface area contributed by atoms with Crippen molar-refractivity contribution in [2.24, 2.45) is 0 Å².